The molecule has 0 fully saturated rings. The van der Waals surface area contributed by atoms with Crippen LogP contribution in [0.1, 0.15) is 31.4 Å². The highest BCUT2D eigenvalue weighted by Crippen LogP contribution is 2.22. The average Bonchev–Trinajstić information content (AvgIpc) is 2.35. The molecule has 0 aliphatic heterocycles. The Bertz CT molecular complexity index is 346. The van der Waals surface area contributed by atoms with E-state index in [2.05, 4.69) is 50.4 Å². The standard InChI is InChI=1S/C15H25NO2/c1-12-4-6-13(7-5-12)15(2,3)11-16-14(10-18)8-9-17/h4-7,14,16-18H,8-11H2,1-3H3. The number of aryl methyl sites for hydroxylation is 1. The molecule has 0 aliphatic rings. The van der Waals surface area contributed by atoms with E-state index in [1.165, 1.54) is 11.1 Å². The summed E-state index contributed by atoms with van der Waals surface area (Å²) >= 11 is 0. The summed E-state index contributed by atoms with van der Waals surface area (Å²) in [5.74, 6) is 0. The average molecular weight is 251 g/mol. The van der Waals surface area contributed by atoms with E-state index in [1.807, 2.05) is 0 Å². The predicted molar refractivity (Wildman–Crippen MR) is 74.8 cm³/mol. The normalized spacial score (nSPS) is 13.6. The van der Waals surface area contributed by atoms with E-state index < -0.39 is 0 Å². The van der Waals surface area contributed by atoms with E-state index in [0.29, 0.717) is 6.42 Å². The minimum Gasteiger partial charge on any atom is -0.396 e. The molecule has 0 aromatic heterocycles. The Labute approximate surface area is 110 Å². The first kappa shape index (κ1) is 15.2. The number of aliphatic hydroxyl groups excluding tert-OH is 2. The highest BCUT2D eigenvalue weighted by atomic mass is 16.3. The van der Waals surface area contributed by atoms with Crippen LogP contribution in [0, 0.1) is 6.92 Å². The van der Waals surface area contributed by atoms with Crippen LogP contribution in [0.2, 0.25) is 0 Å². The Hall–Kier alpha value is -0.900. The van der Waals surface area contributed by atoms with Gasteiger partial charge in [-0.1, -0.05) is 43.7 Å². The lowest BCUT2D eigenvalue weighted by Gasteiger charge is -2.28. The van der Waals surface area contributed by atoms with Gasteiger partial charge in [0.1, 0.15) is 0 Å². The largest absolute Gasteiger partial charge is 0.396 e. The molecule has 1 rings (SSSR count). The van der Waals surface area contributed by atoms with Gasteiger partial charge in [-0.15, -0.1) is 0 Å². The third-order valence-corrected chi connectivity index (χ3v) is 3.36. The second kappa shape index (κ2) is 6.88. The third kappa shape index (κ3) is 4.41. The molecular formula is C15H25NO2. The van der Waals surface area contributed by atoms with Gasteiger partial charge in [0, 0.05) is 24.6 Å². The minimum atomic E-state index is -0.0280. The van der Waals surface area contributed by atoms with Crippen molar-refractivity contribution in [3.05, 3.63) is 35.4 Å². The van der Waals surface area contributed by atoms with Crippen LogP contribution in [-0.2, 0) is 5.41 Å². The van der Waals surface area contributed by atoms with Crippen LogP contribution in [0.15, 0.2) is 24.3 Å². The Balaban J connectivity index is 2.60. The molecular weight excluding hydrogens is 226 g/mol. The molecule has 0 saturated carbocycles. The quantitative estimate of drug-likeness (QED) is 0.690. The zero-order valence-electron chi connectivity index (χ0n) is 11.6. The maximum Gasteiger partial charge on any atom is 0.0585 e. The summed E-state index contributed by atoms with van der Waals surface area (Å²) in [5.41, 5.74) is 2.55. The van der Waals surface area contributed by atoms with Crippen molar-refractivity contribution in [3.8, 4) is 0 Å². The molecule has 3 nitrogen and oxygen atoms in total. The Morgan fingerprint density at radius 2 is 1.78 bits per heavy atom. The van der Waals surface area contributed by atoms with Crippen molar-refractivity contribution < 1.29 is 10.2 Å². The van der Waals surface area contributed by atoms with Gasteiger partial charge in [0.05, 0.1) is 6.61 Å². The van der Waals surface area contributed by atoms with Crippen molar-refractivity contribution >= 4 is 0 Å². The lowest BCUT2D eigenvalue weighted by molar-refractivity contribution is 0.195. The van der Waals surface area contributed by atoms with Crippen molar-refractivity contribution in [2.75, 3.05) is 19.8 Å². The van der Waals surface area contributed by atoms with E-state index in [4.69, 9.17) is 5.11 Å². The van der Waals surface area contributed by atoms with Gasteiger partial charge in [0.15, 0.2) is 0 Å². The van der Waals surface area contributed by atoms with Gasteiger partial charge in [-0.2, -0.15) is 0 Å². The summed E-state index contributed by atoms with van der Waals surface area (Å²) in [4.78, 5) is 0. The topological polar surface area (TPSA) is 52.5 Å². The van der Waals surface area contributed by atoms with Gasteiger partial charge in [-0.25, -0.2) is 0 Å². The van der Waals surface area contributed by atoms with Crippen LogP contribution in [0.25, 0.3) is 0 Å². The molecule has 1 unspecified atom stereocenters. The first-order chi connectivity index (χ1) is 8.49. The summed E-state index contributed by atoms with van der Waals surface area (Å²) in [7, 11) is 0. The molecule has 1 aromatic rings. The fraction of sp³-hybridized carbons (Fsp3) is 0.600. The van der Waals surface area contributed by atoms with Gasteiger partial charge in [0.25, 0.3) is 0 Å². The maximum absolute atomic E-state index is 9.19. The molecule has 0 radical (unpaired) electrons. The molecule has 0 amide bonds. The Morgan fingerprint density at radius 1 is 1.17 bits per heavy atom. The van der Waals surface area contributed by atoms with Crippen LogP contribution in [-0.4, -0.2) is 36.0 Å². The van der Waals surface area contributed by atoms with Crippen LogP contribution < -0.4 is 5.32 Å². The van der Waals surface area contributed by atoms with Crippen LogP contribution in [0.5, 0.6) is 0 Å². The molecule has 3 N–H and O–H groups in total. The second-order valence-electron chi connectivity index (χ2n) is 5.52. The van der Waals surface area contributed by atoms with Crippen molar-refractivity contribution in [1.82, 2.24) is 5.32 Å². The van der Waals surface area contributed by atoms with Crippen molar-refractivity contribution in [2.24, 2.45) is 0 Å². The number of aliphatic hydroxyl groups is 2. The molecule has 1 atom stereocenters. The number of benzene rings is 1. The van der Waals surface area contributed by atoms with E-state index in [-0.39, 0.29) is 24.7 Å². The number of nitrogens with one attached hydrogen (secondary N) is 1. The molecule has 0 saturated heterocycles. The zero-order valence-corrected chi connectivity index (χ0v) is 11.6. The van der Waals surface area contributed by atoms with Gasteiger partial charge in [-0.3, -0.25) is 0 Å². The maximum atomic E-state index is 9.19. The molecule has 102 valence electrons. The van der Waals surface area contributed by atoms with Crippen molar-refractivity contribution in [2.45, 2.75) is 38.6 Å². The first-order valence-electron chi connectivity index (χ1n) is 6.52. The molecule has 18 heavy (non-hydrogen) atoms. The Kier molecular flexibility index (Phi) is 5.79. The monoisotopic (exact) mass is 251 g/mol. The molecule has 0 aliphatic carbocycles. The lowest BCUT2D eigenvalue weighted by Crippen LogP contribution is -2.41. The van der Waals surface area contributed by atoms with Gasteiger partial charge >= 0.3 is 0 Å². The molecule has 0 bridgehead atoms. The van der Waals surface area contributed by atoms with Gasteiger partial charge in [-0.05, 0) is 18.9 Å². The summed E-state index contributed by atoms with van der Waals surface area (Å²) in [5, 5.41) is 21.4. The zero-order chi connectivity index (χ0) is 13.6. The van der Waals surface area contributed by atoms with E-state index in [9.17, 15) is 5.11 Å². The predicted octanol–water partition coefficient (Wildman–Crippen LogP) is 1.61. The van der Waals surface area contributed by atoms with E-state index in [0.717, 1.165) is 6.54 Å². The van der Waals surface area contributed by atoms with E-state index in [1.54, 1.807) is 0 Å². The number of hydrogen-bond donors (Lipinski definition) is 3. The molecule has 1 aromatic carbocycles. The summed E-state index contributed by atoms with van der Waals surface area (Å²) in [6.45, 7) is 7.38. The Morgan fingerprint density at radius 3 is 2.28 bits per heavy atom. The minimum absolute atomic E-state index is 0.0105. The van der Waals surface area contributed by atoms with E-state index >= 15 is 0 Å². The summed E-state index contributed by atoms with van der Waals surface area (Å²) < 4.78 is 0. The van der Waals surface area contributed by atoms with Crippen molar-refractivity contribution in [1.29, 1.82) is 0 Å². The fourth-order valence-electron chi connectivity index (χ4n) is 1.92. The number of rotatable bonds is 7. The fourth-order valence-corrected chi connectivity index (χ4v) is 1.92. The molecule has 0 spiro atoms. The highest BCUT2D eigenvalue weighted by molar-refractivity contribution is 5.27. The van der Waals surface area contributed by atoms with Gasteiger partial charge < -0.3 is 15.5 Å². The van der Waals surface area contributed by atoms with Crippen LogP contribution in [0.4, 0.5) is 0 Å². The lowest BCUT2D eigenvalue weighted by atomic mass is 9.84. The molecule has 0 heterocycles. The third-order valence-electron chi connectivity index (χ3n) is 3.36. The summed E-state index contributed by atoms with van der Waals surface area (Å²) in [6.07, 6.45) is 0.584. The van der Waals surface area contributed by atoms with Crippen LogP contribution >= 0.6 is 0 Å². The smallest absolute Gasteiger partial charge is 0.0585 e. The van der Waals surface area contributed by atoms with Crippen LogP contribution in [0.3, 0.4) is 0 Å². The first-order valence-corrected chi connectivity index (χ1v) is 6.52. The highest BCUT2D eigenvalue weighted by Gasteiger charge is 2.21. The summed E-state index contributed by atoms with van der Waals surface area (Å²) in [6, 6.07) is 8.51. The SMILES string of the molecule is Cc1ccc(C(C)(C)CNC(CO)CCO)cc1. The van der Waals surface area contributed by atoms with Gasteiger partial charge in [0.2, 0.25) is 0 Å². The van der Waals surface area contributed by atoms with Crippen molar-refractivity contribution in [3.63, 3.8) is 0 Å². The molecule has 3 heteroatoms. The second-order valence-corrected chi connectivity index (χ2v) is 5.52. The number of hydrogen-bond acceptors (Lipinski definition) is 3.